The van der Waals surface area contributed by atoms with Gasteiger partial charge in [-0.15, -0.1) is 0 Å². The number of H-pyrrole nitrogens is 1. The topological polar surface area (TPSA) is 92.3 Å². The summed E-state index contributed by atoms with van der Waals surface area (Å²) in [5.74, 6) is -0.422. The Kier molecular flexibility index (Phi) is 5.69. The molecule has 1 aromatic rings. The van der Waals surface area contributed by atoms with Crippen LogP contribution in [0.15, 0.2) is 4.79 Å². The van der Waals surface area contributed by atoms with Gasteiger partial charge < -0.3 is 14.8 Å². The Labute approximate surface area is 111 Å². The maximum Gasteiger partial charge on any atom is 0.303 e. The van der Waals surface area contributed by atoms with Gasteiger partial charge in [0.05, 0.1) is 0 Å². The van der Waals surface area contributed by atoms with Crippen molar-refractivity contribution < 1.29 is 14.6 Å². The van der Waals surface area contributed by atoms with Crippen molar-refractivity contribution in [2.75, 3.05) is 6.61 Å². The number of carboxylic acid groups (broad SMARTS) is 1. The summed E-state index contributed by atoms with van der Waals surface area (Å²) in [4.78, 5) is 29.5. The zero-order chi connectivity index (χ0) is 14.4. The zero-order valence-electron chi connectivity index (χ0n) is 11.5. The van der Waals surface area contributed by atoms with E-state index in [1.54, 1.807) is 6.92 Å². The molecule has 19 heavy (non-hydrogen) atoms. The summed E-state index contributed by atoms with van der Waals surface area (Å²) in [6.07, 6.45) is 0.595. The van der Waals surface area contributed by atoms with E-state index in [9.17, 15) is 9.59 Å². The Balaban J connectivity index is 3.02. The SMILES string of the molecule is CCOC(CC)c1nc(C)c(CCC(=O)O)c(=O)[nH]1. The Hall–Kier alpha value is -1.69. The van der Waals surface area contributed by atoms with Gasteiger partial charge in [-0.3, -0.25) is 9.59 Å². The molecule has 0 aliphatic rings. The van der Waals surface area contributed by atoms with Crippen LogP contribution in [0.2, 0.25) is 0 Å². The average molecular weight is 268 g/mol. The summed E-state index contributed by atoms with van der Waals surface area (Å²) >= 11 is 0. The van der Waals surface area contributed by atoms with Crippen LogP contribution >= 0.6 is 0 Å². The van der Waals surface area contributed by atoms with Gasteiger partial charge in [-0.1, -0.05) is 6.92 Å². The second-order valence-electron chi connectivity index (χ2n) is 4.26. The molecule has 1 heterocycles. The molecule has 1 atom stereocenters. The number of hydrogen-bond acceptors (Lipinski definition) is 4. The lowest BCUT2D eigenvalue weighted by Crippen LogP contribution is -2.22. The molecule has 0 saturated heterocycles. The highest BCUT2D eigenvalue weighted by atomic mass is 16.5. The summed E-state index contributed by atoms with van der Waals surface area (Å²) in [6.45, 7) is 6.10. The van der Waals surface area contributed by atoms with Crippen molar-refractivity contribution in [3.05, 3.63) is 27.4 Å². The first kappa shape index (κ1) is 15.4. The lowest BCUT2D eigenvalue weighted by Gasteiger charge is -2.15. The van der Waals surface area contributed by atoms with Crippen molar-refractivity contribution in [1.29, 1.82) is 0 Å². The minimum atomic E-state index is -0.927. The Morgan fingerprint density at radius 3 is 2.63 bits per heavy atom. The molecule has 0 amide bonds. The van der Waals surface area contributed by atoms with Crippen molar-refractivity contribution in [1.82, 2.24) is 9.97 Å². The number of rotatable bonds is 7. The molecule has 0 aliphatic carbocycles. The van der Waals surface area contributed by atoms with Crippen molar-refractivity contribution in [3.8, 4) is 0 Å². The molecule has 2 N–H and O–H groups in total. The third-order valence-electron chi connectivity index (χ3n) is 2.87. The monoisotopic (exact) mass is 268 g/mol. The second kappa shape index (κ2) is 7.04. The number of hydrogen-bond donors (Lipinski definition) is 2. The fourth-order valence-electron chi connectivity index (χ4n) is 1.90. The zero-order valence-corrected chi connectivity index (χ0v) is 11.5. The summed E-state index contributed by atoms with van der Waals surface area (Å²) in [5, 5.41) is 8.65. The molecule has 0 spiro atoms. The fourth-order valence-corrected chi connectivity index (χ4v) is 1.90. The normalized spacial score (nSPS) is 12.4. The molecule has 0 aromatic carbocycles. The molecule has 6 heteroatoms. The Morgan fingerprint density at radius 1 is 1.47 bits per heavy atom. The van der Waals surface area contributed by atoms with E-state index in [0.717, 1.165) is 0 Å². The molecule has 0 fully saturated rings. The van der Waals surface area contributed by atoms with Crippen LogP contribution < -0.4 is 5.56 Å². The quantitative estimate of drug-likeness (QED) is 0.783. The number of aromatic amines is 1. The number of nitrogens with one attached hydrogen (secondary N) is 1. The predicted octanol–water partition coefficient (Wildman–Crippen LogP) is 1.58. The van der Waals surface area contributed by atoms with Crippen molar-refractivity contribution in [3.63, 3.8) is 0 Å². The minimum Gasteiger partial charge on any atom is -0.481 e. The van der Waals surface area contributed by atoms with E-state index in [4.69, 9.17) is 9.84 Å². The van der Waals surface area contributed by atoms with Crippen LogP contribution in [0.1, 0.15) is 49.9 Å². The molecule has 6 nitrogen and oxygen atoms in total. The summed E-state index contributed by atoms with van der Waals surface area (Å²) in [6, 6.07) is 0. The van der Waals surface area contributed by atoms with Gasteiger partial charge in [0.25, 0.3) is 5.56 Å². The first-order valence-electron chi connectivity index (χ1n) is 6.42. The van der Waals surface area contributed by atoms with Gasteiger partial charge in [-0.05, 0) is 26.7 Å². The molecule has 0 radical (unpaired) electrons. The van der Waals surface area contributed by atoms with Crippen molar-refractivity contribution in [2.24, 2.45) is 0 Å². The number of aryl methyl sites for hydroxylation is 1. The highest BCUT2D eigenvalue weighted by Crippen LogP contribution is 2.17. The standard InChI is InChI=1S/C13H20N2O4/c1-4-10(19-5-2)12-14-8(3)9(13(18)15-12)6-7-11(16)17/h10H,4-7H2,1-3H3,(H,16,17)(H,14,15,18). The van der Waals surface area contributed by atoms with E-state index >= 15 is 0 Å². The molecule has 0 saturated carbocycles. The van der Waals surface area contributed by atoms with Crippen LogP contribution in [0.4, 0.5) is 0 Å². The number of aliphatic carboxylic acids is 1. The van der Waals surface area contributed by atoms with Gasteiger partial charge in [0.1, 0.15) is 11.9 Å². The average Bonchev–Trinajstić information content (AvgIpc) is 2.34. The van der Waals surface area contributed by atoms with Crippen molar-refractivity contribution in [2.45, 2.75) is 46.1 Å². The third kappa shape index (κ3) is 4.17. The maximum atomic E-state index is 12.0. The van der Waals surface area contributed by atoms with E-state index in [0.29, 0.717) is 30.1 Å². The van der Waals surface area contributed by atoms with E-state index in [1.165, 1.54) is 0 Å². The van der Waals surface area contributed by atoms with Gasteiger partial charge in [0, 0.05) is 24.3 Å². The minimum absolute atomic E-state index is 0.0758. The lowest BCUT2D eigenvalue weighted by atomic mass is 10.1. The fraction of sp³-hybridized carbons (Fsp3) is 0.615. The van der Waals surface area contributed by atoms with E-state index in [1.807, 2.05) is 13.8 Å². The van der Waals surface area contributed by atoms with Gasteiger partial charge >= 0.3 is 5.97 Å². The lowest BCUT2D eigenvalue weighted by molar-refractivity contribution is -0.136. The smallest absolute Gasteiger partial charge is 0.303 e. The number of aromatic nitrogens is 2. The molecule has 1 aromatic heterocycles. The number of nitrogens with zero attached hydrogens (tertiary/aromatic N) is 1. The molecule has 0 aliphatic heterocycles. The van der Waals surface area contributed by atoms with Gasteiger partial charge in [-0.2, -0.15) is 0 Å². The van der Waals surface area contributed by atoms with Crippen LogP contribution in [-0.4, -0.2) is 27.7 Å². The van der Waals surface area contributed by atoms with Crippen LogP contribution in [0.3, 0.4) is 0 Å². The van der Waals surface area contributed by atoms with Crippen LogP contribution in [0.5, 0.6) is 0 Å². The summed E-state index contributed by atoms with van der Waals surface area (Å²) in [5.41, 5.74) is 0.720. The number of carboxylic acids is 1. The molecule has 1 unspecified atom stereocenters. The van der Waals surface area contributed by atoms with E-state index < -0.39 is 5.97 Å². The van der Waals surface area contributed by atoms with Crippen molar-refractivity contribution >= 4 is 5.97 Å². The van der Waals surface area contributed by atoms with Gasteiger partial charge in [-0.25, -0.2) is 4.98 Å². The first-order chi connectivity index (χ1) is 8.99. The second-order valence-corrected chi connectivity index (χ2v) is 4.26. The van der Waals surface area contributed by atoms with Gasteiger partial charge in [0.2, 0.25) is 0 Å². The van der Waals surface area contributed by atoms with Gasteiger partial charge in [0.15, 0.2) is 0 Å². The summed E-state index contributed by atoms with van der Waals surface area (Å²) in [7, 11) is 0. The Bertz CT molecular complexity index is 496. The molecular weight excluding hydrogens is 248 g/mol. The summed E-state index contributed by atoms with van der Waals surface area (Å²) < 4.78 is 5.50. The molecule has 106 valence electrons. The largest absolute Gasteiger partial charge is 0.481 e. The highest BCUT2D eigenvalue weighted by Gasteiger charge is 2.16. The number of ether oxygens (including phenoxy) is 1. The first-order valence-corrected chi connectivity index (χ1v) is 6.42. The number of carbonyl (C=O) groups is 1. The molecular formula is C13H20N2O4. The van der Waals surface area contributed by atoms with Crippen LogP contribution in [0, 0.1) is 6.92 Å². The molecule has 1 rings (SSSR count). The highest BCUT2D eigenvalue weighted by molar-refractivity contribution is 5.67. The van der Waals surface area contributed by atoms with E-state index in [-0.39, 0.29) is 24.5 Å². The van der Waals surface area contributed by atoms with E-state index in [2.05, 4.69) is 9.97 Å². The predicted molar refractivity (Wildman–Crippen MR) is 70.2 cm³/mol. The van der Waals surface area contributed by atoms with Crippen LogP contribution in [0.25, 0.3) is 0 Å². The third-order valence-corrected chi connectivity index (χ3v) is 2.87. The molecule has 0 bridgehead atoms. The maximum absolute atomic E-state index is 12.0. The van der Waals surface area contributed by atoms with Crippen LogP contribution in [-0.2, 0) is 16.0 Å². The Morgan fingerprint density at radius 2 is 2.16 bits per heavy atom.